The van der Waals surface area contributed by atoms with Crippen molar-refractivity contribution in [2.45, 2.75) is 13.8 Å². The number of anilines is 6. The van der Waals surface area contributed by atoms with E-state index in [0.29, 0.717) is 0 Å². The molecule has 0 saturated heterocycles. The van der Waals surface area contributed by atoms with Crippen LogP contribution in [0.2, 0.25) is 0 Å². The maximum atomic E-state index is 2.32. The van der Waals surface area contributed by atoms with Crippen LogP contribution in [0.15, 0.2) is 158 Å². The van der Waals surface area contributed by atoms with Crippen molar-refractivity contribution >= 4 is 34.1 Å². The van der Waals surface area contributed by atoms with Crippen LogP contribution in [-0.4, -0.2) is 0 Å². The monoisotopic (exact) mass is 516 g/mol. The minimum Gasteiger partial charge on any atom is -0.311 e. The predicted octanol–water partition coefficient (Wildman–Crippen LogP) is 10.9. The van der Waals surface area contributed by atoms with Crippen molar-refractivity contribution < 1.29 is 0 Å². The molecular formula is C38H32N2. The number of benzene rings is 6. The fraction of sp³-hybridized carbons (Fsp3) is 0.0526. The van der Waals surface area contributed by atoms with E-state index in [1.165, 1.54) is 22.3 Å². The lowest BCUT2D eigenvalue weighted by atomic mass is 10.0. The van der Waals surface area contributed by atoms with Gasteiger partial charge in [-0.15, -0.1) is 0 Å². The molecule has 0 amide bonds. The molecule has 0 aliphatic rings. The van der Waals surface area contributed by atoms with Crippen molar-refractivity contribution in [3.8, 4) is 11.1 Å². The van der Waals surface area contributed by atoms with Crippen molar-refractivity contribution in [2.75, 3.05) is 9.80 Å². The minimum absolute atomic E-state index is 1.13. The third kappa shape index (κ3) is 5.39. The van der Waals surface area contributed by atoms with Crippen LogP contribution in [0.4, 0.5) is 34.1 Å². The molecule has 6 aromatic rings. The average Bonchev–Trinajstić information content (AvgIpc) is 3.00. The molecule has 0 aliphatic heterocycles. The third-order valence-electron chi connectivity index (χ3n) is 7.11. The van der Waals surface area contributed by atoms with Crippen LogP contribution in [0, 0.1) is 13.8 Å². The summed E-state index contributed by atoms with van der Waals surface area (Å²) in [5.74, 6) is 0. The van der Waals surface area contributed by atoms with E-state index in [2.05, 4.69) is 181 Å². The molecular weight excluding hydrogens is 484 g/mol. The Morgan fingerprint density at radius 3 is 1.18 bits per heavy atom. The smallest absolute Gasteiger partial charge is 0.0470 e. The maximum Gasteiger partial charge on any atom is 0.0470 e. The van der Waals surface area contributed by atoms with Crippen molar-refractivity contribution in [2.24, 2.45) is 0 Å². The van der Waals surface area contributed by atoms with Crippen molar-refractivity contribution in [1.29, 1.82) is 0 Å². The number of hydrogen-bond donors (Lipinski definition) is 0. The molecule has 194 valence electrons. The topological polar surface area (TPSA) is 6.48 Å². The van der Waals surface area contributed by atoms with E-state index < -0.39 is 0 Å². The molecule has 0 atom stereocenters. The summed E-state index contributed by atoms with van der Waals surface area (Å²) in [6.07, 6.45) is 0. The van der Waals surface area contributed by atoms with Gasteiger partial charge in [-0.25, -0.2) is 0 Å². The number of hydrogen-bond acceptors (Lipinski definition) is 2. The SMILES string of the molecule is Cc1ccc(N(c2ccccc2)c2ccc(-c3cc(C)cc(N(c4ccccc4)c4ccccc4)c3)cc2)cc1. The van der Waals surface area contributed by atoms with Crippen molar-refractivity contribution in [3.63, 3.8) is 0 Å². The first-order valence-electron chi connectivity index (χ1n) is 13.7. The molecule has 0 spiro atoms. The largest absolute Gasteiger partial charge is 0.311 e. The minimum atomic E-state index is 1.13. The normalized spacial score (nSPS) is 10.8. The quantitative estimate of drug-likeness (QED) is 0.208. The highest BCUT2D eigenvalue weighted by Crippen LogP contribution is 2.39. The molecule has 0 fully saturated rings. The van der Waals surface area contributed by atoms with Gasteiger partial charge in [-0.1, -0.05) is 90.5 Å². The Morgan fingerprint density at radius 2 is 0.700 bits per heavy atom. The molecule has 0 heterocycles. The van der Waals surface area contributed by atoms with Crippen molar-refractivity contribution in [3.05, 3.63) is 169 Å². The van der Waals surface area contributed by atoms with Crippen LogP contribution in [0.5, 0.6) is 0 Å². The number of aryl methyl sites for hydroxylation is 2. The van der Waals surface area contributed by atoms with Gasteiger partial charge in [0.1, 0.15) is 0 Å². The van der Waals surface area contributed by atoms with Gasteiger partial charge in [-0.3, -0.25) is 0 Å². The van der Waals surface area contributed by atoms with Gasteiger partial charge in [0, 0.05) is 34.1 Å². The Balaban J connectivity index is 1.39. The predicted molar refractivity (Wildman–Crippen MR) is 171 cm³/mol. The fourth-order valence-corrected chi connectivity index (χ4v) is 5.18. The first-order chi connectivity index (χ1) is 19.7. The van der Waals surface area contributed by atoms with Crippen LogP contribution in [-0.2, 0) is 0 Å². The summed E-state index contributed by atoms with van der Waals surface area (Å²) in [4.78, 5) is 4.62. The Hall–Kier alpha value is -5.08. The van der Waals surface area contributed by atoms with Gasteiger partial charge in [0.15, 0.2) is 0 Å². The molecule has 0 saturated carbocycles. The molecule has 6 aromatic carbocycles. The Kier molecular flexibility index (Phi) is 7.15. The van der Waals surface area contributed by atoms with Crippen molar-refractivity contribution in [1.82, 2.24) is 0 Å². The van der Waals surface area contributed by atoms with Crippen LogP contribution in [0.1, 0.15) is 11.1 Å². The summed E-state index contributed by atoms with van der Waals surface area (Å²) in [6, 6.07) is 56.1. The van der Waals surface area contributed by atoms with Crippen LogP contribution in [0.25, 0.3) is 11.1 Å². The standard InChI is InChI=1S/C38H32N2/c1-29-18-22-36(23-19-29)39(33-12-6-3-7-13-33)37-24-20-31(21-25-37)32-26-30(2)27-38(28-32)40(34-14-8-4-9-15-34)35-16-10-5-11-17-35/h3-28H,1-2H3. The van der Waals surface area contributed by atoms with Gasteiger partial charge in [0.05, 0.1) is 0 Å². The molecule has 2 heteroatoms. The highest BCUT2D eigenvalue weighted by Gasteiger charge is 2.15. The van der Waals surface area contributed by atoms with Gasteiger partial charge in [-0.2, -0.15) is 0 Å². The van der Waals surface area contributed by atoms with Crippen LogP contribution >= 0.6 is 0 Å². The third-order valence-corrected chi connectivity index (χ3v) is 7.11. The van der Waals surface area contributed by atoms with Gasteiger partial charge >= 0.3 is 0 Å². The first-order valence-corrected chi connectivity index (χ1v) is 13.7. The lowest BCUT2D eigenvalue weighted by molar-refractivity contribution is 1.27. The second-order valence-corrected chi connectivity index (χ2v) is 10.1. The fourth-order valence-electron chi connectivity index (χ4n) is 5.18. The first kappa shape index (κ1) is 25.2. The zero-order valence-electron chi connectivity index (χ0n) is 22.9. The summed E-state index contributed by atoms with van der Waals surface area (Å²) in [5.41, 5.74) is 11.7. The van der Waals surface area contributed by atoms with Crippen LogP contribution in [0.3, 0.4) is 0 Å². The maximum absolute atomic E-state index is 2.32. The molecule has 6 rings (SSSR count). The van der Waals surface area contributed by atoms with E-state index in [9.17, 15) is 0 Å². The summed E-state index contributed by atoms with van der Waals surface area (Å²) in [5, 5.41) is 0. The molecule has 0 bridgehead atoms. The van der Waals surface area contributed by atoms with E-state index in [1.807, 2.05) is 0 Å². The van der Waals surface area contributed by atoms with E-state index in [0.717, 1.165) is 34.1 Å². The molecule has 0 N–H and O–H groups in total. The number of rotatable bonds is 7. The van der Waals surface area contributed by atoms with Gasteiger partial charge < -0.3 is 9.80 Å². The second kappa shape index (κ2) is 11.3. The van der Waals surface area contributed by atoms with Gasteiger partial charge in [0.25, 0.3) is 0 Å². The Bertz CT molecular complexity index is 1640. The number of nitrogens with zero attached hydrogens (tertiary/aromatic N) is 2. The number of para-hydroxylation sites is 3. The highest BCUT2D eigenvalue weighted by atomic mass is 15.1. The van der Waals surface area contributed by atoms with Gasteiger partial charge in [-0.05, 0) is 103 Å². The summed E-state index contributed by atoms with van der Waals surface area (Å²) in [7, 11) is 0. The molecule has 0 unspecified atom stereocenters. The molecule has 0 aromatic heterocycles. The zero-order chi connectivity index (χ0) is 27.3. The molecule has 2 nitrogen and oxygen atoms in total. The zero-order valence-corrected chi connectivity index (χ0v) is 22.9. The lowest BCUT2D eigenvalue weighted by Gasteiger charge is -2.27. The van der Waals surface area contributed by atoms with E-state index in [4.69, 9.17) is 0 Å². The summed E-state index contributed by atoms with van der Waals surface area (Å²) in [6.45, 7) is 4.29. The Morgan fingerprint density at radius 1 is 0.300 bits per heavy atom. The van der Waals surface area contributed by atoms with E-state index in [1.54, 1.807) is 0 Å². The van der Waals surface area contributed by atoms with E-state index >= 15 is 0 Å². The Labute approximate surface area is 237 Å². The average molecular weight is 517 g/mol. The molecule has 40 heavy (non-hydrogen) atoms. The van der Waals surface area contributed by atoms with E-state index in [-0.39, 0.29) is 0 Å². The summed E-state index contributed by atoms with van der Waals surface area (Å²) >= 11 is 0. The van der Waals surface area contributed by atoms with Gasteiger partial charge in [0.2, 0.25) is 0 Å². The lowest BCUT2D eigenvalue weighted by Crippen LogP contribution is -2.10. The summed E-state index contributed by atoms with van der Waals surface area (Å²) < 4.78 is 0. The second-order valence-electron chi connectivity index (χ2n) is 10.1. The molecule has 0 radical (unpaired) electrons. The molecule has 0 aliphatic carbocycles. The highest BCUT2D eigenvalue weighted by molar-refractivity contribution is 5.82. The van der Waals surface area contributed by atoms with Crippen LogP contribution < -0.4 is 9.80 Å².